The molecule has 2 saturated carbocycles. The van der Waals surface area contributed by atoms with Gasteiger partial charge in [0.15, 0.2) is 0 Å². The van der Waals surface area contributed by atoms with Crippen molar-refractivity contribution in [3.05, 3.63) is 57.6 Å². The zero-order valence-electron chi connectivity index (χ0n) is 18.4. The lowest BCUT2D eigenvalue weighted by molar-refractivity contribution is -0.121. The molecule has 0 radical (unpaired) electrons. The molecule has 0 spiro atoms. The fourth-order valence-corrected chi connectivity index (χ4v) is 5.22. The Morgan fingerprint density at radius 1 is 1.03 bits per heavy atom. The van der Waals surface area contributed by atoms with E-state index in [1.807, 2.05) is 23.1 Å². The van der Waals surface area contributed by atoms with Gasteiger partial charge in [0, 0.05) is 42.1 Å². The topological polar surface area (TPSA) is 78.7 Å². The lowest BCUT2D eigenvalue weighted by Crippen LogP contribution is -2.53. The van der Waals surface area contributed by atoms with Crippen LogP contribution in [0, 0.1) is 0 Å². The summed E-state index contributed by atoms with van der Waals surface area (Å²) < 4.78 is 0. The van der Waals surface area contributed by atoms with Crippen LogP contribution in [0.3, 0.4) is 0 Å². The first-order chi connectivity index (χ1) is 15.9. The van der Waals surface area contributed by atoms with E-state index in [9.17, 15) is 9.59 Å². The quantitative estimate of drug-likeness (QED) is 0.589. The molecular weight excluding hydrogens is 459 g/mol. The standard InChI is InChI=1S/C25H28Cl2N4O2/c26-19-14-17(20(27)13-16(19)5-8-23(28)32)15-29-25(9-10-25)24(33)31-12-11-30(18-6-7-18)21-3-1-2-4-22(21)31/h1-4,13-14,18,29H,5-12,15H2,(H2,28,32). The Labute approximate surface area is 204 Å². The van der Waals surface area contributed by atoms with Gasteiger partial charge in [-0.1, -0.05) is 35.3 Å². The summed E-state index contributed by atoms with van der Waals surface area (Å²) in [5.74, 6) is -0.243. The summed E-state index contributed by atoms with van der Waals surface area (Å²) in [6, 6.07) is 12.5. The van der Waals surface area contributed by atoms with Crippen molar-refractivity contribution in [2.75, 3.05) is 22.9 Å². The van der Waals surface area contributed by atoms with E-state index >= 15 is 0 Å². The van der Waals surface area contributed by atoms with E-state index in [4.69, 9.17) is 28.9 Å². The molecule has 2 aromatic rings. The summed E-state index contributed by atoms with van der Waals surface area (Å²) in [5.41, 5.74) is 8.49. The van der Waals surface area contributed by atoms with Crippen molar-refractivity contribution >= 4 is 46.4 Å². The van der Waals surface area contributed by atoms with Crippen LogP contribution in [0.5, 0.6) is 0 Å². The number of nitrogens with one attached hydrogen (secondary N) is 1. The van der Waals surface area contributed by atoms with E-state index in [0.29, 0.717) is 35.6 Å². The highest BCUT2D eigenvalue weighted by Gasteiger charge is 2.52. The van der Waals surface area contributed by atoms with Gasteiger partial charge in [-0.15, -0.1) is 0 Å². The van der Waals surface area contributed by atoms with Crippen LogP contribution in [0.2, 0.25) is 10.0 Å². The first kappa shape index (κ1) is 22.5. The third-order valence-electron chi connectivity index (χ3n) is 6.91. The third-order valence-corrected chi connectivity index (χ3v) is 7.62. The molecule has 174 valence electrons. The van der Waals surface area contributed by atoms with E-state index in [0.717, 1.165) is 41.9 Å². The van der Waals surface area contributed by atoms with Crippen molar-refractivity contribution in [2.45, 2.75) is 56.7 Å². The van der Waals surface area contributed by atoms with Crippen molar-refractivity contribution in [1.29, 1.82) is 0 Å². The number of benzene rings is 2. The van der Waals surface area contributed by atoms with Crippen molar-refractivity contribution in [3.63, 3.8) is 0 Å². The number of nitrogens with two attached hydrogens (primary N) is 1. The molecular formula is C25H28Cl2N4O2. The molecule has 1 heterocycles. The molecule has 33 heavy (non-hydrogen) atoms. The first-order valence-corrected chi connectivity index (χ1v) is 12.3. The number of rotatable bonds is 8. The number of halogens is 2. The molecule has 1 aliphatic heterocycles. The fourth-order valence-electron chi connectivity index (χ4n) is 4.69. The van der Waals surface area contributed by atoms with Crippen LogP contribution in [0.1, 0.15) is 43.2 Å². The summed E-state index contributed by atoms with van der Waals surface area (Å²) in [5, 5.41) is 4.60. The maximum absolute atomic E-state index is 13.7. The number of hydrogen-bond donors (Lipinski definition) is 2. The SMILES string of the molecule is NC(=O)CCc1cc(Cl)c(CNC2(C(=O)N3CCN(C4CC4)c4ccccc43)CC2)cc1Cl. The number of carbonyl (C=O) groups is 2. The van der Waals surface area contributed by atoms with Crippen molar-refractivity contribution in [2.24, 2.45) is 5.73 Å². The average Bonchev–Trinajstić information content (AvgIpc) is 3.72. The lowest BCUT2D eigenvalue weighted by atomic mass is 10.1. The van der Waals surface area contributed by atoms with E-state index < -0.39 is 5.54 Å². The van der Waals surface area contributed by atoms with Crippen LogP contribution in [0.15, 0.2) is 36.4 Å². The molecule has 5 rings (SSSR count). The minimum atomic E-state index is -0.560. The number of primary amides is 1. The van der Waals surface area contributed by atoms with Crippen molar-refractivity contribution < 1.29 is 9.59 Å². The van der Waals surface area contributed by atoms with Crippen molar-refractivity contribution in [3.8, 4) is 0 Å². The van der Waals surface area contributed by atoms with Gasteiger partial charge in [-0.3, -0.25) is 14.9 Å². The Hall–Kier alpha value is -2.28. The van der Waals surface area contributed by atoms with Crippen LogP contribution in [-0.4, -0.2) is 36.5 Å². The zero-order valence-corrected chi connectivity index (χ0v) is 20.0. The minimum absolute atomic E-state index is 0.130. The van der Waals surface area contributed by atoms with Gasteiger partial charge in [0.2, 0.25) is 11.8 Å². The average molecular weight is 487 g/mol. The van der Waals surface area contributed by atoms with Gasteiger partial charge in [0.1, 0.15) is 0 Å². The normalized spacial score (nSPS) is 18.7. The second kappa shape index (κ2) is 8.82. The number of amides is 2. The van der Waals surface area contributed by atoms with E-state index in [2.05, 4.69) is 22.3 Å². The fraction of sp³-hybridized carbons (Fsp3) is 0.440. The summed E-state index contributed by atoms with van der Waals surface area (Å²) in [7, 11) is 0. The molecule has 6 nitrogen and oxygen atoms in total. The third kappa shape index (κ3) is 4.57. The van der Waals surface area contributed by atoms with Gasteiger partial charge in [-0.05, 0) is 67.5 Å². The Balaban J connectivity index is 1.29. The molecule has 3 N–H and O–H groups in total. The zero-order chi connectivity index (χ0) is 23.2. The molecule has 0 atom stereocenters. The molecule has 2 amide bonds. The molecule has 8 heteroatoms. The monoisotopic (exact) mass is 486 g/mol. The highest BCUT2D eigenvalue weighted by Crippen LogP contribution is 2.44. The first-order valence-electron chi connectivity index (χ1n) is 11.6. The maximum atomic E-state index is 13.7. The van der Waals surface area contributed by atoms with Gasteiger partial charge in [-0.2, -0.15) is 0 Å². The number of carbonyl (C=O) groups excluding carboxylic acids is 2. The largest absolute Gasteiger partial charge is 0.370 e. The van der Waals surface area contributed by atoms with E-state index in [-0.39, 0.29) is 18.2 Å². The Morgan fingerprint density at radius 3 is 2.36 bits per heavy atom. The smallest absolute Gasteiger partial charge is 0.247 e. The second-order valence-electron chi connectivity index (χ2n) is 9.31. The van der Waals surface area contributed by atoms with Gasteiger partial charge in [-0.25, -0.2) is 0 Å². The number of anilines is 2. The Kier molecular flexibility index (Phi) is 6.02. The summed E-state index contributed by atoms with van der Waals surface area (Å²) in [6.45, 7) is 2.03. The summed E-state index contributed by atoms with van der Waals surface area (Å²) in [4.78, 5) is 29.1. The Morgan fingerprint density at radius 2 is 1.70 bits per heavy atom. The molecule has 2 aromatic carbocycles. The van der Waals surface area contributed by atoms with Crippen LogP contribution < -0.4 is 20.9 Å². The van der Waals surface area contributed by atoms with Gasteiger partial charge < -0.3 is 15.5 Å². The summed E-state index contributed by atoms with van der Waals surface area (Å²) in [6.07, 6.45) is 4.76. The predicted octanol–water partition coefficient (Wildman–Crippen LogP) is 4.05. The van der Waals surface area contributed by atoms with Crippen LogP contribution in [0.4, 0.5) is 11.4 Å². The molecule has 0 unspecified atom stereocenters. The number of nitrogens with zero attached hydrogens (tertiary/aromatic N) is 2. The van der Waals surface area contributed by atoms with E-state index in [1.54, 1.807) is 6.07 Å². The molecule has 0 aromatic heterocycles. The van der Waals surface area contributed by atoms with E-state index in [1.165, 1.54) is 12.8 Å². The second-order valence-corrected chi connectivity index (χ2v) is 10.1. The van der Waals surface area contributed by atoms with Crippen LogP contribution in [-0.2, 0) is 22.6 Å². The van der Waals surface area contributed by atoms with Crippen LogP contribution in [0.25, 0.3) is 0 Å². The summed E-state index contributed by atoms with van der Waals surface area (Å²) >= 11 is 12.9. The molecule has 2 aliphatic carbocycles. The molecule has 3 aliphatic rings. The van der Waals surface area contributed by atoms with Crippen LogP contribution >= 0.6 is 23.2 Å². The maximum Gasteiger partial charge on any atom is 0.247 e. The van der Waals surface area contributed by atoms with Crippen molar-refractivity contribution in [1.82, 2.24) is 5.32 Å². The minimum Gasteiger partial charge on any atom is -0.370 e. The molecule has 0 saturated heterocycles. The number of para-hydroxylation sites is 2. The predicted molar refractivity (Wildman–Crippen MR) is 132 cm³/mol. The highest BCUT2D eigenvalue weighted by atomic mass is 35.5. The lowest BCUT2D eigenvalue weighted by Gasteiger charge is -2.39. The van der Waals surface area contributed by atoms with Gasteiger partial charge in [0.25, 0.3) is 0 Å². The molecule has 2 fully saturated rings. The molecule has 0 bridgehead atoms. The number of fused-ring (bicyclic) bond motifs is 1. The number of hydrogen-bond acceptors (Lipinski definition) is 4. The number of aryl methyl sites for hydroxylation is 1. The van der Waals surface area contributed by atoms with Gasteiger partial charge >= 0.3 is 0 Å². The Bertz CT molecular complexity index is 1100. The highest BCUT2D eigenvalue weighted by molar-refractivity contribution is 6.34. The van der Waals surface area contributed by atoms with Gasteiger partial charge in [0.05, 0.1) is 16.9 Å².